The van der Waals surface area contributed by atoms with Gasteiger partial charge in [0, 0.05) is 65.4 Å². The van der Waals surface area contributed by atoms with Gasteiger partial charge in [-0.3, -0.25) is 19.6 Å². The third-order valence-corrected chi connectivity index (χ3v) is 7.94. The summed E-state index contributed by atoms with van der Waals surface area (Å²) < 4.78 is 0. The van der Waals surface area contributed by atoms with Crippen molar-refractivity contribution in [1.29, 1.82) is 0 Å². The van der Waals surface area contributed by atoms with E-state index in [2.05, 4.69) is 44.9 Å². The van der Waals surface area contributed by atoms with Crippen LogP contribution in [0.5, 0.6) is 5.75 Å². The number of pyridine rings is 2. The monoisotopic (exact) mass is 562 g/mol. The van der Waals surface area contributed by atoms with Gasteiger partial charge in [-0.15, -0.1) is 11.8 Å². The van der Waals surface area contributed by atoms with Crippen LogP contribution in [-0.4, -0.2) is 45.7 Å². The molecule has 0 aliphatic carbocycles. The van der Waals surface area contributed by atoms with Gasteiger partial charge in [-0.05, 0) is 53.1 Å². The van der Waals surface area contributed by atoms with Crippen LogP contribution >= 0.6 is 11.8 Å². The van der Waals surface area contributed by atoms with Crippen LogP contribution in [0.1, 0.15) is 11.1 Å². The van der Waals surface area contributed by atoms with Gasteiger partial charge in [0.05, 0.1) is 5.75 Å². The molecule has 3 aromatic carbocycles. The van der Waals surface area contributed by atoms with E-state index in [0.717, 1.165) is 49.0 Å². The molecular formula is C33H30N4O3S. The fourth-order valence-corrected chi connectivity index (χ4v) is 5.62. The molecular weight excluding hydrogens is 532 g/mol. The van der Waals surface area contributed by atoms with E-state index in [1.54, 1.807) is 25.3 Å². The number of carbonyl (C=O) groups is 2. The molecule has 0 saturated heterocycles. The van der Waals surface area contributed by atoms with Crippen LogP contribution in [-0.2, 0) is 16.0 Å². The van der Waals surface area contributed by atoms with Crippen LogP contribution in [0.15, 0.2) is 102 Å². The van der Waals surface area contributed by atoms with Gasteiger partial charge in [-0.25, -0.2) is 0 Å². The molecule has 0 bridgehead atoms. The Morgan fingerprint density at radius 1 is 0.902 bits per heavy atom. The highest BCUT2D eigenvalue weighted by Gasteiger charge is 2.21. The summed E-state index contributed by atoms with van der Waals surface area (Å²) in [5.74, 6) is -0.284. The molecule has 41 heavy (non-hydrogen) atoms. The quantitative estimate of drug-likeness (QED) is 0.204. The van der Waals surface area contributed by atoms with Crippen molar-refractivity contribution in [1.82, 2.24) is 20.6 Å². The summed E-state index contributed by atoms with van der Waals surface area (Å²) in [6.45, 7) is 1.81. The maximum absolute atomic E-state index is 13.1. The average Bonchev–Trinajstić information content (AvgIpc) is 3.01. The molecule has 0 aliphatic rings. The van der Waals surface area contributed by atoms with Crippen molar-refractivity contribution in [2.24, 2.45) is 0 Å². The Morgan fingerprint density at radius 3 is 2.49 bits per heavy atom. The van der Waals surface area contributed by atoms with Crippen LogP contribution in [0.2, 0.25) is 0 Å². The predicted octanol–water partition coefficient (Wildman–Crippen LogP) is 5.54. The minimum Gasteiger partial charge on any atom is -0.508 e. The Balaban J connectivity index is 1.40. The van der Waals surface area contributed by atoms with Crippen molar-refractivity contribution in [3.05, 3.63) is 109 Å². The van der Waals surface area contributed by atoms with E-state index in [9.17, 15) is 14.7 Å². The van der Waals surface area contributed by atoms with Crippen molar-refractivity contribution in [2.45, 2.75) is 24.3 Å². The minimum atomic E-state index is -0.772. The standard InChI is InChI=1S/C33H30N4O3S/c1-21-9-10-22(15-29(21)38)14-28(33(40)34-2)37-31(39)20-41-30-12-11-23-6-3-4-8-27(23)32(30)26-16-25(18-36-19-26)24-7-5-13-35-17-24/h3-13,15-19,28,38H,14,20H2,1-2H3,(H,34,40)(H,37,39)/t28-/m0/s1. The molecule has 0 fully saturated rings. The van der Waals surface area contributed by atoms with Gasteiger partial charge < -0.3 is 15.7 Å². The second kappa shape index (κ2) is 12.7. The molecule has 2 heterocycles. The van der Waals surface area contributed by atoms with E-state index >= 15 is 0 Å². The lowest BCUT2D eigenvalue weighted by molar-refractivity contribution is -0.127. The fourth-order valence-electron chi connectivity index (χ4n) is 4.72. The van der Waals surface area contributed by atoms with Gasteiger partial charge in [-0.2, -0.15) is 0 Å². The number of hydrogen-bond acceptors (Lipinski definition) is 6. The van der Waals surface area contributed by atoms with Crippen LogP contribution < -0.4 is 10.6 Å². The first-order chi connectivity index (χ1) is 19.9. The number of fused-ring (bicyclic) bond motifs is 1. The second-order valence-electron chi connectivity index (χ2n) is 9.71. The largest absolute Gasteiger partial charge is 0.508 e. The molecule has 2 amide bonds. The lowest BCUT2D eigenvalue weighted by Gasteiger charge is -2.18. The Bertz CT molecular complexity index is 1710. The summed E-state index contributed by atoms with van der Waals surface area (Å²) in [6.07, 6.45) is 7.47. The summed E-state index contributed by atoms with van der Waals surface area (Å²) in [5.41, 5.74) is 5.36. The number of aromatic hydroxyl groups is 1. The number of nitrogens with zero attached hydrogens (tertiary/aromatic N) is 2. The molecule has 7 nitrogen and oxygen atoms in total. The van der Waals surface area contributed by atoms with Gasteiger partial charge >= 0.3 is 0 Å². The van der Waals surface area contributed by atoms with E-state index < -0.39 is 6.04 Å². The molecule has 5 rings (SSSR count). The third-order valence-electron chi connectivity index (χ3n) is 6.88. The number of aromatic nitrogens is 2. The molecule has 3 N–H and O–H groups in total. The van der Waals surface area contributed by atoms with Crippen molar-refractivity contribution in [3.8, 4) is 28.0 Å². The van der Waals surface area contributed by atoms with Crippen molar-refractivity contribution < 1.29 is 14.7 Å². The molecule has 0 saturated carbocycles. The van der Waals surface area contributed by atoms with E-state index in [0.29, 0.717) is 0 Å². The average molecular weight is 563 g/mol. The molecule has 1 atom stereocenters. The zero-order valence-corrected chi connectivity index (χ0v) is 23.6. The smallest absolute Gasteiger partial charge is 0.242 e. The highest BCUT2D eigenvalue weighted by atomic mass is 32.2. The topological polar surface area (TPSA) is 104 Å². The molecule has 0 radical (unpaired) electrons. The summed E-state index contributed by atoms with van der Waals surface area (Å²) >= 11 is 1.41. The molecule has 2 aromatic heterocycles. The van der Waals surface area contributed by atoms with Crippen LogP contribution in [0.3, 0.4) is 0 Å². The normalized spacial score (nSPS) is 11.7. The number of aryl methyl sites for hydroxylation is 1. The number of benzene rings is 3. The van der Waals surface area contributed by atoms with Gasteiger partial charge in [0.2, 0.25) is 11.8 Å². The summed E-state index contributed by atoms with van der Waals surface area (Å²) in [5, 5.41) is 17.7. The van der Waals surface area contributed by atoms with Crippen molar-refractivity contribution >= 4 is 34.3 Å². The first kappa shape index (κ1) is 27.9. The van der Waals surface area contributed by atoms with Crippen molar-refractivity contribution in [3.63, 3.8) is 0 Å². The third kappa shape index (κ3) is 6.56. The van der Waals surface area contributed by atoms with E-state index in [1.165, 1.54) is 18.8 Å². The maximum Gasteiger partial charge on any atom is 0.242 e. The lowest BCUT2D eigenvalue weighted by Crippen LogP contribution is -2.47. The van der Waals surface area contributed by atoms with Crippen LogP contribution in [0.4, 0.5) is 0 Å². The van der Waals surface area contributed by atoms with Gasteiger partial charge in [0.15, 0.2) is 0 Å². The summed E-state index contributed by atoms with van der Waals surface area (Å²) in [6, 6.07) is 22.7. The van der Waals surface area contributed by atoms with E-state index in [-0.39, 0.29) is 29.7 Å². The zero-order valence-electron chi connectivity index (χ0n) is 22.8. The summed E-state index contributed by atoms with van der Waals surface area (Å²) in [7, 11) is 1.54. The molecule has 5 aromatic rings. The number of phenols is 1. The number of thioether (sulfide) groups is 1. The minimum absolute atomic E-state index is 0.119. The number of hydrogen-bond donors (Lipinski definition) is 3. The van der Waals surface area contributed by atoms with E-state index in [1.807, 2.05) is 55.0 Å². The van der Waals surface area contributed by atoms with Crippen LogP contribution in [0, 0.1) is 6.92 Å². The highest BCUT2D eigenvalue weighted by Crippen LogP contribution is 2.38. The number of rotatable bonds is 9. The predicted molar refractivity (Wildman–Crippen MR) is 164 cm³/mol. The Kier molecular flexibility index (Phi) is 8.60. The van der Waals surface area contributed by atoms with Gasteiger partial charge in [0.25, 0.3) is 0 Å². The van der Waals surface area contributed by atoms with E-state index in [4.69, 9.17) is 0 Å². The molecule has 0 spiro atoms. The summed E-state index contributed by atoms with van der Waals surface area (Å²) in [4.78, 5) is 35.4. The molecule has 206 valence electrons. The first-order valence-electron chi connectivity index (χ1n) is 13.2. The fraction of sp³-hybridized carbons (Fsp3) is 0.152. The number of carbonyl (C=O) groups excluding carboxylic acids is 2. The zero-order chi connectivity index (χ0) is 28.8. The maximum atomic E-state index is 13.1. The van der Waals surface area contributed by atoms with Crippen molar-refractivity contribution in [2.75, 3.05) is 12.8 Å². The highest BCUT2D eigenvalue weighted by molar-refractivity contribution is 8.00. The van der Waals surface area contributed by atoms with Gasteiger partial charge in [0.1, 0.15) is 11.8 Å². The second-order valence-corrected chi connectivity index (χ2v) is 10.7. The first-order valence-corrected chi connectivity index (χ1v) is 14.2. The molecule has 8 heteroatoms. The number of phenolic OH excluding ortho intramolecular Hbond substituents is 1. The number of likely N-dealkylation sites (N-methyl/N-ethyl adjacent to an activating group) is 1. The Hall–Kier alpha value is -4.69. The molecule has 0 aliphatic heterocycles. The Labute approximate surface area is 243 Å². The number of nitrogens with one attached hydrogen (secondary N) is 2. The Morgan fingerprint density at radius 2 is 1.71 bits per heavy atom. The van der Waals surface area contributed by atoms with Gasteiger partial charge in [-0.1, -0.05) is 48.5 Å². The molecule has 0 unspecified atom stereocenters. The lowest BCUT2D eigenvalue weighted by atomic mass is 9.97. The number of amides is 2. The SMILES string of the molecule is CNC(=O)[C@H](Cc1ccc(C)c(O)c1)NC(=O)CSc1ccc2ccccc2c1-c1cncc(-c2cccnc2)c1. The van der Waals surface area contributed by atoms with Crippen LogP contribution in [0.25, 0.3) is 33.0 Å².